The van der Waals surface area contributed by atoms with Crippen LogP contribution >= 0.6 is 0 Å². The van der Waals surface area contributed by atoms with Gasteiger partial charge in [-0.15, -0.1) is 0 Å². The zero-order valence-electron chi connectivity index (χ0n) is 17.2. The highest BCUT2D eigenvalue weighted by Gasteiger charge is 2.35. The van der Waals surface area contributed by atoms with Crippen molar-refractivity contribution in [3.8, 4) is 0 Å². The van der Waals surface area contributed by atoms with Crippen molar-refractivity contribution in [2.75, 3.05) is 0 Å². The molecule has 2 N–H and O–H groups in total. The summed E-state index contributed by atoms with van der Waals surface area (Å²) < 4.78 is 0. The first-order chi connectivity index (χ1) is 13.5. The van der Waals surface area contributed by atoms with Crippen LogP contribution in [-0.2, 0) is 9.59 Å². The van der Waals surface area contributed by atoms with Crippen LogP contribution in [0.15, 0.2) is 24.3 Å². The number of rotatable bonds is 13. The number of hydrogen-bond acceptors (Lipinski definition) is 3. The molecule has 2 unspecified atom stereocenters. The number of aliphatic hydroxyl groups is 1. The number of hydrogen-bond donors (Lipinski definition) is 2. The van der Waals surface area contributed by atoms with E-state index in [1.807, 2.05) is 24.3 Å². The van der Waals surface area contributed by atoms with E-state index >= 15 is 0 Å². The van der Waals surface area contributed by atoms with E-state index in [9.17, 15) is 14.7 Å². The summed E-state index contributed by atoms with van der Waals surface area (Å²) in [7, 11) is 0. The summed E-state index contributed by atoms with van der Waals surface area (Å²) in [5, 5.41) is 19.0. The summed E-state index contributed by atoms with van der Waals surface area (Å²) in [5.41, 5.74) is 2.03. The molecule has 0 bridgehead atoms. The Bertz CT molecular complexity index is 608. The molecular weight excluding hydrogens is 352 g/mol. The molecular formula is C24H36O4. The fourth-order valence-electron chi connectivity index (χ4n) is 4.40. The molecule has 0 aromatic heterocycles. The van der Waals surface area contributed by atoms with E-state index < -0.39 is 12.1 Å². The van der Waals surface area contributed by atoms with Gasteiger partial charge in [-0.2, -0.15) is 0 Å². The van der Waals surface area contributed by atoms with Gasteiger partial charge in [0.1, 0.15) is 5.78 Å². The summed E-state index contributed by atoms with van der Waals surface area (Å²) in [6.07, 6.45) is 10.4. The molecule has 0 heterocycles. The topological polar surface area (TPSA) is 74.6 Å². The third kappa shape index (κ3) is 7.05. The van der Waals surface area contributed by atoms with Crippen molar-refractivity contribution in [3.63, 3.8) is 0 Å². The van der Waals surface area contributed by atoms with Crippen LogP contribution in [0.1, 0.15) is 107 Å². The Kier molecular flexibility index (Phi) is 9.69. The smallest absolute Gasteiger partial charge is 0.303 e. The Hall–Kier alpha value is -1.68. The van der Waals surface area contributed by atoms with E-state index in [1.165, 1.54) is 0 Å². The number of aliphatic hydroxyl groups excluding tert-OH is 1. The summed E-state index contributed by atoms with van der Waals surface area (Å²) in [4.78, 5) is 23.0. The number of carbonyl (C=O) groups excluding carboxylic acids is 1. The molecule has 1 aromatic carbocycles. The number of unbranched alkanes of at least 4 members (excludes halogenated alkanes) is 5. The largest absolute Gasteiger partial charge is 0.481 e. The van der Waals surface area contributed by atoms with Gasteiger partial charge in [0.05, 0.1) is 6.10 Å². The molecule has 4 nitrogen and oxygen atoms in total. The maximum atomic E-state index is 12.5. The average Bonchev–Trinajstić information content (AvgIpc) is 3.05. The molecule has 1 fully saturated rings. The zero-order valence-corrected chi connectivity index (χ0v) is 17.2. The monoisotopic (exact) mass is 388 g/mol. The van der Waals surface area contributed by atoms with Gasteiger partial charge in [-0.1, -0.05) is 69.7 Å². The Morgan fingerprint density at radius 2 is 1.79 bits per heavy atom. The van der Waals surface area contributed by atoms with E-state index in [2.05, 4.69) is 6.92 Å². The molecule has 1 saturated carbocycles. The van der Waals surface area contributed by atoms with Crippen molar-refractivity contribution in [1.29, 1.82) is 0 Å². The van der Waals surface area contributed by atoms with Gasteiger partial charge in [0, 0.05) is 18.8 Å². The molecule has 2 rings (SSSR count). The van der Waals surface area contributed by atoms with E-state index in [1.54, 1.807) is 0 Å². The van der Waals surface area contributed by atoms with Crippen LogP contribution in [0.5, 0.6) is 0 Å². The van der Waals surface area contributed by atoms with E-state index in [-0.39, 0.29) is 12.3 Å². The highest BCUT2D eigenvalue weighted by molar-refractivity contribution is 5.88. The summed E-state index contributed by atoms with van der Waals surface area (Å²) in [6, 6.07) is 8.04. The lowest BCUT2D eigenvalue weighted by atomic mass is 9.84. The van der Waals surface area contributed by atoms with Gasteiger partial charge >= 0.3 is 5.97 Å². The Morgan fingerprint density at radius 3 is 2.46 bits per heavy atom. The number of carboxylic acid groups (broad SMARTS) is 1. The summed E-state index contributed by atoms with van der Waals surface area (Å²) >= 11 is 0. The highest BCUT2D eigenvalue weighted by Crippen LogP contribution is 2.40. The van der Waals surface area contributed by atoms with Gasteiger partial charge in [-0.25, -0.2) is 0 Å². The minimum Gasteiger partial charge on any atom is -0.481 e. The highest BCUT2D eigenvalue weighted by atomic mass is 16.4. The lowest BCUT2D eigenvalue weighted by Crippen LogP contribution is -2.13. The Morgan fingerprint density at radius 1 is 1.07 bits per heavy atom. The van der Waals surface area contributed by atoms with Crippen LogP contribution in [0.4, 0.5) is 0 Å². The first-order valence-electron chi connectivity index (χ1n) is 11.0. The number of benzene rings is 1. The van der Waals surface area contributed by atoms with Gasteiger partial charge in [-0.3, -0.25) is 9.59 Å². The SMILES string of the molecule is CCCCCC(O)c1ccc(C2C(=O)CC[C@@H]2CCCCCCC(=O)O)cc1. The van der Waals surface area contributed by atoms with Crippen molar-refractivity contribution < 1.29 is 19.8 Å². The number of ketones is 1. The van der Waals surface area contributed by atoms with Gasteiger partial charge < -0.3 is 10.2 Å². The van der Waals surface area contributed by atoms with Crippen molar-refractivity contribution >= 4 is 11.8 Å². The van der Waals surface area contributed by atoms with Crippen LogP contribution in [0.25, 0.3) is 0 Å². The minimum absolute atomic E-state index is 0.00898. The second kappa shape index (κ2) is 12.0. The Labute approximate surface area is 169 Å². The zero-order chi connectivity index (χ0) is 20.4. The van der Waals surface area contributed by atoms with Crippen LogP contribution < -0.4 is 0 Å². The maximum Gasteiger partial charge on any atom is 0.303 e. The van der Waals surface area contributed by atoms with Crippen LogP contribution in [0.2, 0.25) is 0 Å². The average molecular weight is 389 g/mol. The molecule has 0 radical (unpaired) electrons. The molecule has 1 aromatic rings. The van der Waals surface area contributed by atoms with Gasteiger partial charge in [0.15, 0.2) is 0 Å². The quantitative estimate of drug-likeness (QED) is 0.420. The van der Waals surface area contributed by atoms with Crippen LogP contribution in [0.3, 0.4) is 0 Å². The number of carboxylic acids is 1. The van der Waals surface area contributed by atoms with Crippen molar-refractivity contribution in [2.45, 2.75) is 96.0 Å². The third-order valence-electron chi connectivity index (χ3n) is 6.06. The molecule has 3 atom stereocenters. The first kappa shape index (κ1) is 22.6. The lowest BCUT2D eigenvalue weighted by molar-refractivity contribution is -0.137. The molecule has 156 valence electrons. The second-order valence-corrected chi connectivity index (χ2v) is 8.27. The summed E-state index contributed by atoms with van der Waals surface area (Å²) in [6.45, 7) is 2.16. The molecule has 0 amide bonds. The van der Waals surface area contributed by atoms with Gasteiger partial charge in [0.25, 0.3) is 0 Å². The molecule has 1 aliphatic carbocycles. The van der Waals surface area contributed by atoms with E-state index in [0.717, 1.165) is 75.3 Å². The van der Waals surface area contributed by atoms with Gasteiger partial charge in [-0.05, 0) is 42.7 Å². The predicted molar refractivity (Wildman–Crippen MR) is 111 cm³/mol. The number of Topliss-reactive ketones (excluding diaryl/α,β-unsaturated/α-hetero) is 1. The van der Waals surface area contributed by atoms with E-state index in [4.69, 9.17) is 5.11 Å². The van der Waals surface area contributed by atoms with Crippen molar-refractivity contribution in [3.05, 3.63) is 35.4 Å². The molecule has 1 aliphatic rings. The molecule has 0 saturated heterocycles. The fourth-order valence-corrected chi connectivity index (χ4v) is 4.40. The Balaban J connectivity index is 1.85. The van der Waals surface area contributed by atoms with Crippen LogP contribution in [-0.4, -0.2) is 22.0 Å². The molecule has 28 heavy (non-hydrogen) atoms. The third-order valence-corrected chi connectivity index (χ3v) is 6.06. The predicted octanol–water partition coefficient (Wildman–Crippen LogP) is 5.79. The lowest BCUT2D eigenvalue weighted by Gasteiger charge is -2.20. The number of aliphatic carboxylic acids is 1. The van der Waals surface area contributed by atoms with E-state index in [0.29, 0.717) is 18.1 Å². The normalized spacial score (nSPS) is 20.4. The van der Waals surface area contributed by atoms with Crippen molar-refractivity contribution in [2.24, 2.45) is 5.92 Å². The number of carbonyl (C=O) groups is 2. The molecule has 0 spiro atoms. The van der Waals surface area contributed by atoms with Gasteiger partial charge in [0.2, 0.25) is 0 Å². The second-order valence-electron chi connectivity index (χ2n) is 8.27. The standard InChI is InChI=1S/C24H36O4/c1-2-3-6-10-21(25)18-12-14-20(15-13-18)24-19(16-17-22(24)26)9-7-4-5-8-11-23(27)28/h12-15,19,21,24-25H,2-11,16-17H2,1H3,(H,27,28)/t19-,21?,24?/m0/s1. The fraction of sp³-hybridized carbons (Fsp3) is 0.667. The maximum absolute atomic E-state index is 12.5. The van der Waals surface area contributed by atoms with Crippen LogP contribution in [0, 0.1) is 5.92 Å². The van der Waals surface area contributed by atoms with Crippen molar-refractivity contribution in [1.82, 2.24) is 0 Å². The molecule has 4 heteroatoms. The first-order valence-corrected chi connectivity index (χ1v) is 11.0. The molecule has 0 aliphatic heterocycles. The summed E-state index contributed by atoms with van der Waals surface area (Å²) in [5.74, 6) is 0.00473. The minimum atomic E-state index is -0.722.